The van der Waals surface area contributed by atoms with Crippen molar-refractivity contribution in [2.24, 2.45) is 0 Å². The number of fused-ring (bicyclic) bond motifs is 1. The molecule has 0 atom stereocenters. The van der Waals surface area contributed by atoms with E-state index in [0.29, 0.717) is 16.3 Å². The Bertz CT molecular complexity index is 771. The van der Waals surface area contributed by atoms with Gasteiger partial charge in [0.15, 0.2) is 5.76 Å². The van der Waals surface area contributed by atoms with Gasteiger partial charge in [-0.2, -0.15) is 0 Å². The maximum atomic E-state index is 12.4. The Kier molecular flexibility index (Phi) is 2.88. The lowest BCUT2D eigenvalue weighted by Crippen LogP contribution is -2.01. The SMILES string of the molecule is Cc1c(C(=O)c2cccc(Cl)c2)oc2ccccc12. The number of carbonyl (C=O) groups excluding carboxylic acids is 1. The van der Waals surface area contributed by atoms with Crippen LogP contribution in [0.1, 0.15) is 21.7 Å². The minimum absolute atomic E-state index is 0.142. The summed E-state index contributed by atoms with van der Waals surface area (Å²) in [5, 5.41) is 1.51. The summed E-state index contributed by atoms with van der Waals surface area (Å²) >= 11 is 5.91. The quantitative estimate of drug-likeness (QED) is 0.636. The molecule has 0 radical (unpaired) electrons. The van der Waals surface area contributed by atoms with Crippen LogP contribution in [0.2, 0.25) is 5.02 Å². The molecule has 0 saturated heterocycles. The van der Waals surface area contributed by atoms with Gasteiger partial charge in [-0.1, -0.05) is 41.9 Å². The van der Waals surface area contributed by atoms with E-state index in [2.05, 4.69) is 0 Å². The van der Waals surface area contributed by atoms with Crippen LogP contribution < -0.4 is 0 Å². The van der Waals surface area contributed by atoms with Gasteiger partial charge in [0.25, 0.3) is 0 Å². The van der Waals surface area contributed by atoms with Gasteiger partial charge in [-0.3, -0.25) is 4.79 Å². The number of halogens is 1. The molecule has 0 amide bonds. The normalized spacial score (nSPS) is 10.8. The number of hydrogen-bond donors (Lipinski definition) is 0. The zero-order chi connectivity index (χ0) is 13.4. The molecule has 1 heterocycles. The zero-order valence-corrected chi connectivity index (χ0v) is 11.1. The second kappa shape index (κ2) is 4.56. The molecule has 0 bridgehead atoms. The van der Waals surface area contributed by atoms with Crippen LogP contribution in [0.15, 0.2) is 52.9 Å². The Hall–Kier alpha value is -2.06. The van der Waals surface area contributed by atoms with Crippen molar-refractivity contribution in [3.05, 3.63) is 70.4 Å². The molecule has 0 aliphatic rings. The van der Waals surface area contributed by atoms with E-state index in [1.54, 1.807) is 24.3 Å². The van der Waals surface area contributed by atoms with E-state index in [1.165, 1.54) is 0 Å². The Morgan fingerprint density at radius 1 is 1.11 bits per heavy atom. The first kappa shape index (κ1) is 12.0. The zero-order valence-electron chi connectivity index (χ0n) is 10.3. The average molecular weight is 271 g/mol. The van der Waals surface area contributed by atoms with Gasteiger partial charge >= 0.3 is 0 Å². The smallest absolute Gasteiger partial charge is 0.228 e. The predicted molar refractivity (Wildman–Crippen MR) is 75.8 cm³/mol. The van der Waals surface area contributed by atoms with Crippen LogP contribution >= 0.6 is 11.6 Å². The van der Waals surface area contributed by atoms with Gasteiger partial charge in [0, 0.05) is 21.5 Å². The average Bonchev–Trinajstić information content (AvgIpc) is 2.76. The van der Waals surface area contributed by atoms with Gasteiger partial charge in [-0.05, 0) is 25.1 Å². The molecule has 0 N–H and O–H groups in total. The van der Waals surface area contributed by atoms with E-state index in [9.17, 15) is 4.79 Å². The lowest BCUT2D eigenvalue weighted by Gasteiger charge is -1.99. The van der Waals surface area contributed by atoms with Crippen molar-refractivity contribution in [3.8, 4) is 0 Å². The lowest BCUT2D eigenvalue weighted by atomic mass is 10.1. The molecule has 0 spiro atoms. The van der Waals surface area contributed by atoms with Crippen molar-refractivity contribution in [3.63, 3.8) is 0 Å². The highest BCUT2D eigenvalue weighted by molar-refractivity contribution is 6.31. The van der Waals surface area contributed by atoms with Crippen molar-refractivity contribution in [2.45, 2.75) is 6.92 Å². The molecule has 2 nitrogen and oxygen atoms in total. The summed E-state index contributed by atoms with van der Waals surface area (Å²) in [6.45, 7) is 1.89. The van der Waals surface area contributed by atoms with E-state index in [4.69, 9.17) is 16.0 Å². The van der Waals surface area contributed by atoms with Gasteiger partial charge < -0.3 is 4.42 Å². The highest BCUT2D eigenvalue weighted by Crippen LogP contribution is 2.27. The number of furan rings is 1. The Balaban J connectivity index is 2.14. The number of para-hydroxylation sites is 1. The number of rotatable bonds is 2. The van der Waals surface area contributed by atoms with Crippen LogP contribution in [-0.2, 0) is 0 Å². The number of ketones is 1. The minimum Gasteiger partial charge on any atom is -0.452 e. The molecule has 1 aromatic heterocycles. The largest absolute Gasteiger partial charge is 0.452 e. The third-order valence-corrected chi connectivity index (χ3v) is 3.37. The van der Waals surface area contributed by atoms with Gasteiger partial charge in [-0.25, -0.2) is 0 Å². The van der Waals surface area contributed by atoms with Crippen molar-refractivity contribution >= 4 is 28.4 Å². The van der Waals surface area contributed by atoms with Crippen LogP contribution in [0.5, 0.6) is 0 Å². The van der Waals surface area contributed by atoms with E-state index in [-0.39, 0.29) is 5.78 Å². The van der Waals surface area contributed by atoms with Crippen LogP contribution in [0.25, 0.3) is 11.0 Å². The van der Waals surface area contributed by atoms with E-state index < -0.39 is 0 Å². The molecular formula is C16H11ClO2. The fraction of sp³-hybridized carbons (Fsp3) is 0.0625. The molecule has 2 aromatic carbocycles. The first-order valence-corrected chi connectivity index (χ1v) is 6.33. The molecule has 3 aromatic rings. The molecule has 3 rings (SSSR count). The summed E-state index contributed by atoms with van der Waals surface area (Å²) < 4.78 is 5.66. The molecule has 0 unspecified atom stereocenters. The first-order chi connectivity index (χ1) is 9.16. The van der Waals surface area contributed by atoms with Gasteiger partial charge in [-0.15, -0.1) is 0 Å². The third kappa shape index (κ3) is 2.04. The summed E-state index contributed by atoms with van der Waals surface area (Å²) in [7, 11) is 0. The Labute approximate surface area is 115 Å². The van der Waals surface area contributed by atoms with Gasteiger partial charge in [0.05, 0.1) is 0 Å². The van der Waals surface area contributed by atoms with E-state index >= 15 is 0 Å². The van der Waals surface area contributed by atoms with Crippen LogP contribution in [-0.4, -0.2) is 5.78 Å². The molecule has 0 saturated carbocycles. The van der Waals surface area contributed by atoms with Crippen LogP contribution in [0.3, 0.4) is 0 Å². The lowest BCUT2D eigenvalue weighted by molar-refractivity contribution is 0.101. The summed E-state index contributed by atoms with van der Waals surface area (Å²) in [5.41, 5.74) is 2.13. The maximum absolute atomic E-state index is 12.4. The van der Waals surface area contributed by atoms with Crippen molar-refractivity contribution < 1.29 is 9.21 Å². The topological polar surface area (TPSA) is 30.2 Å². The highest BCUT2D eigenvalue weighted by atomic mass is 35.5. The number of benzene rings is 2. The van der Waals surface area contributed by atoms with Crippen LogP contribution in [0.4, 0.5) is 0 Å². The first-order valence-electron chi connectivity index (χ1n) is 5.95. The molecule has 3 heteroatoms. The number of aryl methyl sites for hydroxylation is 1. The number of hydrogen-bond acceptors (Lipinski definition) is 2. The monoisotopic (exact) mass is 270 g/mol. The second-order valence-electron chi connectivity index (χ2n) is 4.39. The van der Waals surface area contributed by atoms with Crippen molar-refractivity contribution in [1.29, 1.82) is 0 Å². The molecule has 94 valence electrons. The number of carbonyl (C=O) groups is 1. The van der Waals surface area contributed by atoms with Gasteiger partial charge in [0.2, 0.25) is 5.78 Å². The highest BCUT2D eigenvalue weighted by Gasteiger charge is 2.18. The molecule has 19 heavy (non-hydrogen) atoms. The van der Waals surface area contributed by atoms with Crippen LogP contribution in [0, 0.1) is 6.92 Å². The predicted octanol–water partition coefficient (Wildman–Crippen LogP) is 4.63. The second-order valence-corrected chi connectivity index (χ2v) is 4.83. The fourth-order valence-electron chi connectivity index (χ4n) is 2.15. The maximum Gasteiger partial charge on any atom is 0.228 e. The molecular weight excluding hydrogens is 260 g/mol. The molecule has 0 fully saturated rings. The molecule has 0 aliphatic carbocycles. The van der Waals surface area contributed by atoms with Crippen molar-refractivity contribution in [2.75, 3.05) is 0 Å². The summed E-state index contributed by atoms with van der Waals surface area (Å²) in [6, 6.07) is 14.5. The summed E-state index contributed by atoms with van der Waals surface area (Å²) in [6.07, 6.45) is 0. The summed E-state index contributed by atoms with van der Waals surface area (Å²) in [4.78, 5) is 12.4. The van der Waals surface area contributed by atoms with Crippen molar-refractivity contribution in [1.82, 2.24) is 0 Å². The molecule has 0 aliphatic heterocycles. The fourth-order valence-corrected chi connectivity index (χ4v) is 2.34. The van der Waals surface area contributed by atoms with E-state index in [0.717, 1.165) is 16.5 Å². The Morgan fingerprint density at radius 3 is 2.63 bits per heavy atom. The Morgan fingerprint density at radius 2 is 1.89 bits per heavy atom. The third-order valence-electron chi connectivity index (χ3n) is 3.14. The van der Waals surface area contributed by atoms with E-state index in [1.807, 2.05) is 31.2 Å². The summed E-state index contributed by atoms with van der Waals surface area (Å²) in [5.74, 6) is 0.236. The minimum atomic E-state index is -0.142. The van der Waals surface area contributed by atoms with Gasteiger partial charge in [0.1, 0.15) is 5.58 Å². The standard InChI is InChI=1S/C16H11ClO2/c1-10-13-7-2-3-8-14(13)19-16(10)15(18)11-5-4-6-12(17)9-11/h2-9H,1H3.